The minimum absolute atomic E-state index is 0.0409. The molecule has 2 atom stereocenters. The number of nitrogens with two attached hydrogens (primary N) is 2. The summed E-state index contributed by atoms with van der Waals surface area (Å²) < 4.78 is 6.54. The summed E-state index contributed by atoms with van der Waals surface area (Å²) in [5.74, 6) is 6.82. The molecule has 0 saturated heterocycles. The van der Waals surface area contributed by atoms with Crippen LogP contribution in [0.3, 0.4) is 0 Å². The van der Waals surface area contributed by atoms with Crippen molar-refractivity contribution in [1.82, 2.24) is 5.01 Å². The molecule has 2 aliphatic carbocycles. The van der Waals surface area contributed by atoms with Gasteiger partial charge in [0.1, 0.15) is 6.10 Å². The Balaban J connectivity index is 0.000000688. The molecule has 0 amide bonds. The van der Waals surface area contributed by atoms with Crippen molar-refractivity contribution >= 4 is 22.1 Å². The van der Waals surface area contributed by atoms with Crippen molar-refractivity contribution in [3.8, 4) is 0 Å². The average molecular weight is 457 g/mol. The molecule has 2 unspecified atom stereocenters. The van der Waals surface area contributed by atoms with Crippen LogP contribution in [0.2, 0.25) is 0 Å². The second-order valence-corrected chi connectivity index (χ2v) is 7.47. The number of allylic oxidation sites excluding steroid dienone is 1. The highest BCUT2D eigenvalue weighted by atomic mass is 79.9. The lowest BCUT2D eigenvalue weighted by Crippen LogP contribution is -2.37. The topological polar surface area (TPSA) is 97.1 Å². The van der Waals surface area contributed by atoms with Gasteiger partial charge in [0.25, 0.3) is 0 Å². The lowest BCUT2D eigenvalue weighted by Gasteiger charge is -2.28. The number of rotatable bonds is 8. The predicted octanol–water partition coefficient (Wildman–Crippen LogP) is 3.99. The van der Waals surface area contributed by atoms with E-state index in [4.69, 9.17) is 21.4 Å². The first-order valence-corrected chi connectivity index (χ1v) is 10.5. The van der Waals surface area contributed by atoms with Crippen LogP contribution in [0.4, 0.5) is 0 Å². The third kappa shape index (κ3) is 10.7. The van der Waals surface area contributed by atoms with E-state index in [1.165, 1.54) is 12.8 Å². The molecular formula is C21H37BrN4O2. The van der Waals surface area contributed by atoms with Gasteiger partial charge in [0.15, 0.2) is 0 Å². The first-order chi connectivity index (χ1) is 13.4. The molecular weight excluding hydrogens is 420 g/mol. The predicted molar refractivity (Wildman–Crippen MR) is 123 cm³/mol. The maximum Gasteiger partial charge on any atom is 0.135 e. The molecule has 0 heterocycles. The molecule has 160 valence electrons. The van der Waals surface area contributed by atoms with Gasteiger partial charge in [0, 0.05) is 32.6 Å². The Labute approximate surface area is 178 Å². The molecule has 7 heteroatoms. The summed E-state index contributed by atoms with van der Waals surface area (Å²) in [5, 5.41) is 10.4. The van der Waals surface area contributed by atoms with Crippen molar-refractivity contribution in [2.75, 3.05) is 13.6 Å². The van der Waals surface area contributed by atoms with Gasteiger partial charge in [-0.05, 0) is 48.0 Å². The highest BCUT2D eigenvalue weighted by Gasteiger charge is 2.28. The van der Waals surface area contributed by atoms with Gasteiger partial charge in [-0.25, -0.2) is 5.84 Å². The van der Waals surface area contributed by atoms with Gasteiger partial charge in [-0.1, -0.05) is 19.1 Å². The van der Waals surface area contributed by atoms with E-state index in [1.807, 2.05) is 6.08 Å². The second kappa shape index (κ2) is 15.4. The first kappa shape index (κ1) is 26.4. The molecule has 1 fully saturated rings. The van der Waals surface area contributed by atoms with E-state index in [0.717, 1.165) is 35.5 Å². The molecule has 0 spiro atoms. The maximum absolute atomic E-state index is 8.59. The minimum atomic E-state index is -0.247. The van der Waals surface area contributed by atoms with Gasteiger partial charge >= 0.3 is 0 Å². The van der Waals surface area contributed by atoms with E-state index >= 15 is 0 Å². The molecule has 1 saturated carbocycles. The van der Waals surface area contributed by atoms with Crippen LogP contribution in [0.1, 0.15) is 46.0 Å². The summed E-state index contributed by atoms with van der Waals surface area (Å²) in [6, 6.07) is 0. The van der Waals surface area contributed by atoms with Crippen LogP contribution < -0.4 is 11.6 Å². The van der Waals surface area contributed by atoms with Crippen LogP contribution in [0.25, 0.3) is 0 Å². The van der Waals surface area contributed by atoms with Crippen LogP contribution >= 0.6 is 15.9 Å². The normalized spacial score (nSPS) is 20.1. The Morgan fingerprint density at radius 3 is 2.57 bits per heavy atom. The Kier molecular flexibility index (Phi) is 14.5. The smallest absolute Gasteiger partial charge is 0.135 e. The van der Waals surface area contributed by atoms with E-state index in [2.05, 4.69) is 47.1 Å². The number of nitrogens with zero attached hydrogens (tertiary/aromatic N) is 2. The average Bonchev–Trinajstić information content (AvgIpc) is 3.49. The van der Waals surface area contributed by atoms with Crippen molar-refractivity contribution in [1.29, 1.82) is 0 Å². The van der Waals surface area contributed by atoms with Crippen LogP contribution in [0.5, 0.6) is 0 Å². The van der Waals surface area contributed by atoms with Crippen molar-refractivity contribution in [3.05, 3.63) is 47.4 Å². The Bertz CT molecular complexity index is 555. The Hall–Kier alpha value is -1.57. The lowest BCUT2D eigenvalue weighted by atomic mass is 10.1. The fourth-order valence-corrected chi connectivity index (χ4v) is 2.79. The fraction of sp³-hybridized carbons (Fsp3) is 0.571. The van der Waals surface area contributed by atoms with Crippen molar-refractivity contribution in [2.45, 2.75) is 58.2 Å². The third-order valence-corrected chi connectivity index (χ3v) is 4.94. The van der Waals surface area contributed by atoms with E-state index in [1.54, 1.807) is 31.5 Å². The molecule has 2 aliphatic rings. The van der Waals surface area contributed by atoms with E-state index in [0.29, 0.717) is 12.1 Å². The Morgan fingerprint density at radius 1 is 1.46 bits per heavy atom. The van der Waals surface area contributed by atoms with Crippen LogP contribution in [0, 0.1) is 5.92 Å². The van der Waals surface area contributed by atoms with Gasteiger partial charge in [-0.2, -0.15) is 0 Å². The van der Waals surface area contributed by atoms with Crippen molar-refractivity contribution in [3.63, 3.8) is 0 Å². The number of hydrogen-bond acceptors (Lipinski definition) is 6. The molecule has 6 nitrogen and oxygen atoms in total. The first-order valence-electron chi connectivity index (χ1n) is 9.67. The largest absolute Gasteiger partial charge is 0.493 e. The van der Waals surface area contributed by atoms with Crippen LogP contribution in [0.15, 0.2) is 52.4 Å². The zero-order valence-electron chi connectivity index (χ0n) is 17.5. The van der Waals surface area contributed by atoms with E-state index in [9.17, 15) is 0 Å². The highest BCUT2D eigenvalue weighted by Crippen LogP contribution is 2.33. The van der Waals surface area contributed by atoms with Crippen LogP contribution in [-0.4, -0.2) is 42.1 Å². The molecule has 0 aromatic heterocycles. The molecule has 0 bridgehead atoms. The summed E-state index contributed by atoms with van der Waals surface area (Å²) in [5.41, 5.74) is 7.75. The number of aliphatic imine (C=N–C) groups is 1. The molecule has 0 aromatic rings. The van der Waals surface area contributed by atoms with Crippen molar-refractivity contribution < 1.29 is 9.84 Å². The number of ether oxygens (including phenoxy) is 1. The summed E-state index contributed by atoms with van der Waals surface area (Å²) in [6.45, 7) is 10.7. The number of halogens is 1. The highest BCUT2D eigenvalue weighted by molar-refractivity contribution is 9.11. The summed E-state index contributed by atoms with van der Waals surface area (Å²) in [4.78, 5) is 3.69. The monoisotopic (exact) mass is 456 g/mol. The molecule has 2 rings (SSSR count). The van der Waals surface area contributed by atoms with E-state index in [-0.39, 0.29) is 12.2 Å². The van der Waals surface area contributed by atoms with Gasteiger partial charge in [-0.3, -0.25) is 0 Å². The molecule has 0 aromatic carbocycles. The quantitative estimate of drug-likeness (QED) is 0.168. The number of hydrazine groups is 1. The molecule has 5 N–H and O–H groups in total. The van der Waals surface area contributed by atoms with Crippen molar-refractivity contribution in [2.24, 2.45) is 22.5 Å². The summed E-state index contributed by atoms with van der Waals surface area (Å²) in [7, 11) is 1.70. The second-order valence-electron chi connectivity index (χ2n) is 6.61. The van der Waals surface area contributed by atoms with Gasteiger partial charge in [-0.15, -0.1) is 13.2 Å². The molecule has 0 radical (unpaired) electrons. The van der Waals surface area contributed by atoms with Gasteiger partial charge in [0.2, 0.25) is 0 Å². The summed E-state index contributed by atoms with van der Waals surface area (Å²) in [6.07, 6.45) is 12.2. The van der Waals surface area contributed by atoms with Crippen LogP contribution in [-0.2, 0) is 4.74 Å². The fourth-order valence-electron chi connectivity index (χ4n) is 2.30. The lowest BCUT2D eigenvalue weighted by molar-refractivity contribution is 0.181. The SMILES string of the molecule is C=C.CC/C=C/OC1CC=C(N(N)CC2CC2)C(N)=C1Br.CN=CCC(C)O. The molecule has 0 aliphatic heterocycles. The zero-order chi connectivity index (χ0) is 21.5. The number of aliphatic hydroxyl groups is 1. The molecule has 28 heavy (non-hydrogen) atoms. The third-order valence-electron chi connectivity index (χ3n) is 4.01. The summed E-state index contributed by atoms with van der Waals surface area (Å²) >= 11 is 3.54. The maximum atomic E-state index is 8.59. The minimum Gasteiger partial charge on any atom is -0.493 e. The van der Waals surface area contributed by atoms with Gasteiger partial charge < -0.3 is 25.6 Å². The number of aliphatic hydroxyl groups excluding tert-OH is 1. The van der Waals surface area contributed by atoms with E-state index < -0.39 is 0 Å². The standard InChI is InChI=1S/C14H22BrN3O.C5H11NO.C2H4/c1-2-3-8-19-12-7-6-11(14(16)13(12)15)18(17)9-10-4-5-10;1-5(7)3-4-6-2;1-2/h3,6,8,10,12H,2,4-5,7,9,16-17H2,1H3;4-5,7H,3H2,1-2H3;1-2H2/b8-3+;;. The number of hydrogen-bond donors (Lipinski definition) is 3. The zero-order valence-corrected chi connectivity index (χ0v) is 19.1. The Morgan fingerprint density at radius 2 is 2.11 bits per heavy atom. The van der Waals surface area contributed by atoms with Gasteiger partial charge in [0.05, 0.1) is 28.2 Å².